The molecule has 2 heterocycles. The summed E-state index contributed by atoms with van der Waals surface area (Å²) in [6.45, 7) is 6.42. The van der Waals surface area contributed by atoms with Crippen molar-refractivity contribution in [2.24, 2.45) is 0 Å². The van der Waals surface area contributed by atoms with Gasteiger partial charge in [0.05, 0.1) is 10.5 Å². The molecule has 6 heteroatoms. The van der Waals surface area contributed by atoms with Gasteiger partial charge in [-0.15, -0.1) is 0 Å². The van der Waals surface area contributed by atoms with Crippen LogP contribution in [-0.4, -0.2) is 39.1 Å². The van der Waals surface area contributed by atoms with E-state index in [1.54, 1.807) is 6.20 Å². The van der Waals surface area contributed by atoms with Crippen LogP contribution in [0.2, 0.25) is 5.02 Å². The summed E-state index contributed by atoms with van der Waals surface area (Å²) in [4.78, 5) is 9.88. The molecule has 0 unspecified atom stereocenters. The predicted octanol–water partition coefficient (Wildman–Crippen LogP) is 3.87. The minimum atomic E-state index is 0.592. The maximum atomic E-state index is 5.94. The molecule has 0 aliphatic heterocycles. The maximum Gasteiger partial charge on any atom is 0.179 e. The van der Waals surface area contributed by atoms with Crippen LogP contribution in [0.4, 0.5) is 0 Å². The van der Waals surface area contributed by atoms with E-state index in [1.165, 1.54) is 0 Å². The Morgan fingerprint density at radius 1 is 1.45 bits per heavy atom. The van der Waals surface area contributed by atoms with Crippen LogP contribution in [0.5, 0.6) is 0 Å². The van der Waals surface area contributed by atoms with Crippen LogP contribution in [0.1, 0.15) is 26.7 Å². The van der Waals surface area contributed by atoms with Gasteiger partial charge in [0.1, 0.15) is 0 Å². The van der Waals surface area contributed by atoms with Gasteiger partial charge in [-0.2, -0.15) is 0 Å². The van der Waals surface area contributed by atoms with Crippen LogP contribution in [0, 0.1) is 4.77 Å². The van der Waals surface area contributed by atoms with Crippen molar-refractivity contribution < 1.29 is 0 Å². The molecule has 2 rings (SSSR count). The number of nitrogens with one attached hydrogen (secondary N) is 1. The highest BCUT2D eigenvalue weighted by molar-refractivity contribution is 7.71. The quantitative estimate of drug-likeness (QED) is 0.650. The molecule has 2 aromatic heterocycles. The van der Waals surface area contributed by atoms with Gasteiger partial charge in [-0.3, -0.25) is 0 Å². The molecule has 0 bridgehead atoms. The Morgan fingerprint density at radius 3 is 2.90 bits per heavy atom. The third-order valence-electron chi connectivity index (χ3n) is 3.60. The molecular weight excluding hydrogens is 292 g/mol. The molecule has 0 aliphatic rings. The van der Waals surface area contributed by atoms with Crippen molar-refractivity contribution in [1.82, 2.24) is 19.4 Å². The van der Waals surface area contributed by atoms with Gasteiger partial charge < -0.3 is 14.5 Å². The molecule has 0 fully saturated rings. The Kier molecular flexibility index (Phi) is 5.18. The van der Waals surface area contributed by atoms with Gasteiger partial charge in [0.25, 0.3) is 0 Å². The molecule has 0 atom stereocenters. The number of imidazole rings is 1. The van der Waals surface area contributed by atoms with Crippen molar-refractivity contribution in [2.75, 3.05) is 13.6 Å². The van der Waals surface area contributed by atoms with Gasteiger partial charge in [-0.05, 0) is 58.6 Å². The topological polar surface area (TPSA) is 36.9 Å². The van der Waals surface area contributed by atoms with Crippen LogP contribution < -0.4 is 0 Å². The van der Waals surface area contributed by atoms with Gasteiger partial charge >= 0.3 is 0 Å². The van der Waals surface area contributed by atoms with Crippen molar-refractivity contribution in [3.8, 4) is 0 Å². The Bertz CT molecular complexity index is 632. The number of aromatic amines is 1. The fourth-order valence-corrected chi connectivity index (χ4v) is 2.56. The van der Waals surface area contributed by atoms with E-state index in [0.717, 1.165) is 37.1 Å². The zero-order valence-electron chi connectivity index (χ0n) is 12.2. The van der Waals surface area contributed by atoms with Crippen molar-refractivity contribution >= 4 is 35.0 Å². The molecule has 2 aromatic rings. The van der Waals surface area contributed by atoms with E-state index < -0.39 is 0 Å². The van der Waals surface area contributed by atoms with Crippen LogP contribution in [0.3, 0.4) is 0 Å². The number of rotatable bonds is 6. The maximum absolute atomic E-state index is 5.94. The standard InChI is InChI=1S/C14H21ClN4S/c1-10(2)18(3)6-4-5-7-19-13-12(17-14(19)20)8-11(15)9-16-13/h8-10H,4-7H2,1-3H3,(H,17,20). The van der Waals surface area contributed by atoms with Crippen LogP contribution >= 0.6 is 23.8 Å². The first-order valence-corrected chi connectivity index (χ1v) is 7.72. The highest BCUT2D eigenvalue weighted by Gasteiger charge is 2.07. The van der Waals surface area contributed by atoms with Gasteiger partial charge in [-0.25, -0.2) is 4.98 Å². The molecule has 0 saturated carbocycles. The highest BCUT2D eigenvalue weighted by atomic mass is 35.5. The Hall–Kier alpha value is -0.910. The van der Waals surface area contributed by atoms with Crippen molar-refractivity contribution in [2.45, 2.75) is 39.3 Å². The van der Waals surface area contributed by atoms with E-state index in [9.17, 15) is 0 Å². The molecular formula is C14H21ClN4S. The molecule has 0 radical (unpaired) electrons. The number of unbranched alkanes of at least 4 members (excludes halogenated alkanes) is 1. The predicted molar refractivity (Wildman–Crippen MR) is 86.9 cm³/mol. The molecule has 110 valence electrons. The number of aryl methyl sites for hydroxylation is 1. The summed E-state index contributed by atoms with van der Waals surface area (Å²) in [6.07, 6.45) is 3.90. The molecule has 0 spiro atoms. The van der Waals surface area contributed by atoms with Gasteiger partial charge in [-0.1, -0.05) is 11.6 Å². The molecule has 20 heavy (non-hydrogen) atoms. The summed E-state index contributed by atoms with van der Waals surface area (Å²) in [5.74, 6) is 0. The Morgan fingerprint density at radius 2 is 2.20 bits per heavy atom. The molecule has 0 amide bonds. The number of hydrogen-bond donors (Lipinski definition) is 1. The van der Waals surface area contributed by atoms with Crippen LogP contribution in [0.25, 0.3) is 11.2 Å². The van der Waals surface area contributed by atoms with Crippen molar-refractivity contribution in [1.29, 1.82) is 0 Å². The number of pyridine rings is 1. The summed E-state index contributed by atoms with van der Waals surface area (Å²) in [5, 5.41) is 0.624. The zero-order valence-corrected chi connectivity index (χ0v) is 13.8. The van der Waals surface area contributed by atoms with E-state index in [0.29, 0.717) is 15.8 Å². The lowest BCUT2D eigenvalue weighted by Gasteiger charge is -2.20. The average molecular weight is 313 g/mol. The summed E-state index contributed by atoms with van der Waals surface area (Å²) in [6, 6.07) is 2.46. The SMILES string of the molecule is CC(C)N(C)CCCCn1c(=S)[nH]c2cc(Cl)cnc21. The number of halogens is 1. The third kappa shape index (κ3) is 3.59. The average Bonchev–Trinajstić information content (AvgIpc) is 2.69. The first kappa shape index (κ1) is 15.5. The number of H-pyrrole nitrogens is 1. The molecule has 1 N–H and O–H groups in total. The Balaban J connectivity index is 2.00. The molecule has 0 saturated heterocycles. The second-order valence-corrected chi connectivity index (χ2v) is 6.21. The lowest BCUT2D eigenvalue weighted by atomic mass is 10.2. The second kappa shape index (κ2) is 6.70. The van der Waals surface area contributed by atoms with Crippen molar-refractivity contribution in [3.05, 3.63) is 22.1 Å². The second-order valence-electron chi connectivity index (χ2n) is 5.39. The first-order valence-electron chi connectivity index (χ1n) is 6.93. The van der Waals surface area contributed by atoms with Gasteiger partial charge in [0.2, 0.25) is 0 Å². The van der Waals surface area contributed by atoms with E-state index in [2.05, 4.69) is 40.3 Å². The first-order chi connectivity index (χ1) is 9.49. The lowest BCUT2D eigenvalue weighted by molar-refractivity contribution is 0.266. The fourth-order valence-electron chi connectivity index (χ4n) is 2.11. The number of nitrogens with zero attached hydrogens (tertiary/aromatic N) is 3. The number of aromatic nitrogens is 3. The van der Waals surface area contributed by atoms with Crippen LogP contribution in [-0.2, 0) is 6.54 Å². The minimum Gasteiger partial charge on any atom is -0.329 e. The summed E-state index contributed by atoms with van der Waals surface area (Å²) >= 11 is 11.3. The summed E-state index contributed by atoms with van der Waals surface area (Å²) < 4.78 is 2.77. The van der Waals surface area contributed by atoms with Gasteiger partial charge in [0.15, 0.2) is 10.4 Å². The minimum absolute atomic E-state index is 0.592. The van der Waals surface area contributed by atoms with E-state index in [4.69, 9.17) is 23.8 Å². The smallest absolute Gasteiger partial charge is 0.179 e. The lowest BCUT2D eigenvalue weighted by Crippen LogP contribution is -2.27. The van der Waals surface area contributed by atoms with E-state index in [-0.39, 0.29) is 0 Å². The monoisotopic (exact) mass is 312 g/mol. The third-order valence-corrected chi connectivity index (χ3v) is 4.13. The Labute approximate surface area is 129 Å². The largest absolute Gasteiger partial charge is 0.329 e. The van der Waals surface area contributed by atoms with Crippen LogP contribution in [0.15, 0.2) is 12.3 Å². The highest BCUT2D eigenvalue weighted by Crippen LogP contribution is 2.17. The summed E-state index contributed by atoms with van der Waals surface area (Å²) in [5.41, 5.74) is 1.79. The van der Waals surface area contributed by atoms with Gasteiger partial charge in [0, 0.05) is 18.8 Å². The zero-order chi connectivity index (χ0) is 14.7. The van der Waals surface area contributed by atoms with Crippen molar-refractivity contribution in [3.63, 3.8) is 0 Å². The molecule has 4 nitrogen and oxygen atoms in total. The summed E-state index contributed by atoms with van der Waals surface area (Å²) in [7, 11) is 2.16. The number of fused-ring (bicyclic) bond motifs is 1. The fraction of sp³-hybridized carbons (Fsp3) is 0.571. The molecule has 0 aliphatic carbocycles. The van der Waals surface area contributed by atoms with E-state index >= 15 is 0 Å². The normalized spacial score (nSPS) is 11.9. The molecule has 0 aromatic carbocycles. The van der Waals surface area contributed by atoms with E-state index in [1.807, 2.05) is 6.07 Å². The number of hydrogen-bond acceptors (Lipinski definition) is 3.